The number of carbonyl (C=O) groups excluding carboxylic acids is 3. The van der Waals surface area contributed by atoms with Gasteiger partial charge in [0.1, 0.15) is 5.75 Å². The Labute approximate surface area is 196 Å². The molecule has 0 spiro atoms. The van der Waals surface area contributed by atoms with Gasteiger partial charge >= 0.3 is 5.97 Å². The molecular weight excluding hydrogens is 470 g/mol. The number of imide groups is 1. The average Bonchev–Trinajstić information content (AvgIpc) is 3.54. The summed E-state index contributed by atoms with van der Waals surface area (Å²) in [5.74, 6) is 0.415. The van der Waals surface area contributed by atoms with E-state index in [1.54, 1.807) is 48.5 Å². The fraction of sp³-hybridized carbons (Fsp3) is 0.0870. The van der Waals surface area contributed by atoms with Crippen LogP contribution in [0.4, 0.5) is 4.79 Å². The predicted octanol–water partition coefficient (Wildman–Crippen LogP) is 5.12. The van der Waals surface area contributed by atoms with E-state index in [0.29, 0.717) is 33.4 Å². The van der Waals surface area contributed by atoms with Gasteiger partial charge < -0.3 is 18.6 Å². The van der Waals surface area contributed by atoms with Crippen LogP contribution < -0.4 is 14.2 Å². The highest BCUT2D eigenvalue weighted by Crippen LogP contribution is 2.39. The van der Waals surface area contributed by atoms with E-state index >= 15 is 0 Å². The molecular formula is C23H14ClNO7S. The summed E-state index contributed by atoms with van der Waals surface area (Å²) < 4.78 is 20.9. The third kappa shape index (κ3) is 4.33. The molecule has 1 aromatic heterocycles. The first-order chi connectivity index (χ1) is 16.0. The summed E-state index contributed by atoms with van der Waals surface area (Å²) >= 11 is 7.13. The molecule has 0 bridgehead atoms. The lowest BCUT2D eigenvalue weighted by atomic mass is 10.1. The largest absolute Gasteiger partial charge is 0.457 e. The Morgan fingerprint density at radius 2 is 1.88 bits per heavy atom. The number of esters is 1. The molecule has 1 fully saturated rings. The number of thioether (sulfide) groups is 1. The molecule has 3 heterocycles. The fourth-order valence-electron chi connectivity index (χ4n) is 3.22. The van der Waals surface area contributed by atoms with Crippen molar-refractivity contribution in [3.05, 3.63) is 81.6 Å². The highest BCUT2D eigenvalue weighted by molar-refractivity contribution is 8.18. The zero-order valence-electron chi connectivity index (χ0n) is 16.8. The smallest absolute Gasteiger partial charge is 0.379 e. The van der Waals surface area contributed by atoms with Crippen LogP contribution in [0.5, 0.6) is 17.2 Å². The zero-order valence-corrected chi connectivity index (χ0v) is 18.4. The first kappa shape index (κ1) is 21.2. The van der Waals surface area contributed by atoms with Crippen molar-refractivity contribution in [3.63, 3.8) is 0 Å². The second kappa shape index (κ2) is 8.68. The van der Waals surface area contributed by atoms with E-state index < -0.39 is 17.1 Å². The van der Waals surface area contributed by atoms with E-state index in [9.17, 15) is 14.4 Å². The zero-order chi connectivity index (χ0) is 22.9. The number of rotatable bonds is 5. The third-order valence-corrected chi connectivity index (χ3v) is 6.11. The molecule has 0 atom stereocenters. The van der Waals surface area contributed by atoms with E-state index in [1.807, 2.05) is 0 Å². The quantitative estimate of drug-likeness (QED) is 0.280. The lowest BCUT2D eigenvalue weighted by molar-refractivity contribution is -0.123. The molecule has 2 aliphatic rings. The van der Waals surface area contributed by atoms with Crippen molar-refractivity contribution >= 4 is 46.6 Å². The molecule has 3 aromatic rings. The maximum Gasteiger partial charge on any atom is 0.379 e. The first-order valence-corrected chi connectivity index (χ1v) is 10.9. The Hall–Kier alpha value is -3.69. The Morgan fingerprint density at radius 3 is 2.61 bits per heavy atom. The van der Waals surface area contributed by atoms with Gasteiger partial charge in [-0.05, 0) is 59.3 Å². The van der Waals surface area contributed by atoms with Gasteiger partial charge in [-0.15, -0.1) is 0 Å². The van der Waals surface area contributed by atoms with E-state index in [-0.39, 0.29) is 24.0 Å². The van der Waals surface area contributed by atoms with E-state index in [2.05, 4.69) is 0 Å². The SMILES string of the molecule is O=C(Oc1ccc(/C=C2\SC(=O)N(Cc3cc4c(cc3Cl)OCO4)C2=O)cc1)c1ccco1. The number of nitrogens with zero attached hydrogens (tertiary/aromatic N) is 1. The minimum absolute atomic E-state index is 0.0130. The van der Waals surface area contributed by atoms with Gasteiger partial charge in [0.2, 0.25) is 12.6 Å². The van der Waals surface area contributed by atoms with E-state index in [0.717, 1.165) is 16.7 Å². The second-order valence-electron chi connectivity index (χ2n) is 7.00. The lowest BCUT2D eigenvalue weighted by Crippen LogP contribution is -2.27. The normalized spacial score (nSPS) is 16.0. The van der Waals surface area contributed by atoms with Gasteiger partial charge in [-0.1, -0.05) is 23.7 Å². The van der Waals surface area contributed by atoms with Crippen molar-refractivity contribution < 1.29 is 33.0 Å². The Kier molecular flexibility index (Phi) is 5.57. The minimum Gasteiger partial charge on any atom is -0.457 e. The fourth-order valence-corrected chi connectivity index (χ4v) is 4.27. The van der Waals surface area contributed by atoms with Crippen LogP contribution in [0.2, 0.25) is 5.02 Å². The van der Waals surface area contributed by atoms with E-state index in [4.69, 9.17) is 30.2 Å². The number of amides is 2. The number of furan rings is 1. The van der Waals surface area contributed by atoms with Gasteiger partial charge in [0.25, 0.3) is 11.1 Å². The molecule has 2 aromatic carbocycles. The second-order valence-corrected chi connectivity index (χ2v) is 8.40. The van der Waals surface area contributed by atoms with Crippen molar-refractivity contribution in [1.82, 2.24) is 4.90 Å². The van der Waals surface area contributed by atoms with Gasteiger partial charge in [-0.2, -0.15) is 0 Å². The molecule has 5 rings (SSSR count). The van der Waals surface area contributed by atoms with Gasteiger partial charge in [0.05, 0.1) is 17.7 Å². The molecule has 0 N–H and O–H groups in total. The number of carbonyl (C=O) groups is 3. The molecule has 2 aliphatic heterocycles. The van der Waals surface area contributed by atoms with Crippen molar-refractivity contribution in [3.8, 4) is 17.2 Å². The molecule has 0 unspecified atom stereocenters. The number of ether oxygens (including phenoxy) is 3. The molecule has 10 heteroatoms. The Morgan fingerprint density at radius 1 is 1.12 bits per heavy atom. The van der Waals surface area contributed by atoms with Crippen LogP contribution in [0.25, 0.3) is 6.08 Å². The summed E-state index contributed by atoms with van der Waals surface area (Å²) in [5.41, 5.74) is 1.24. The van der Waals surface area contributed by atoms with Crippen molar-refractivity contribution in [1.29, 1.82) is 0 Å². The topological polar surface area (TPSA) is 95.3 Å². The maximum atomic E-state index is 12.9. The van der Waals surface area contributed by atoms with Crippen LogP contribution >= 0.6 is 23.4 Å². The predicted molar refractivity (Wildman–Crippen MR) is 119 cm³/mol. The van der Waals surface area contributed by atoms with Gasteiger partial charge in [-0.25, -0.2) is 4.79 Å². The molecule has 8 nitrogen and oxygen atoms in total. The first-order valence-electron chi connectivity index (χ1n) is 9.67. The number of benzene rings is 2. The molecule has 1 saturated heterocycles. The van der Waals surface area contributed by atoms with Crippen LogP contribution in [-0.4, -0.2) is 28.8 Å². The molecule has 0 aliphatic carbocycles. The summed E-state index contributed by atoms with van der Waals surface area (Å²) in [5, 5.41) is -0.0223. The maximum absolute atomic E-state index is 12.9. The summed E-state index contributed by atoms with van der Waals surface area (Å²) in [4.78, 5) is 38.7. The molecule has 0 radical (unpaired) electrons. The molecule has 2 amide bonds. The van der Waals surface area contributed by atoms with Crippen LogP contribution in [0.3, 0.4) is 0 Å². The lowest BCUT2D eigenvalue weighted by Gasteiger charge is -2.14. The molecule has 166 valence electrons. The summed E-state index contributed by atoms with van der Waals surface area (Å²) in [6, 6.07) is 12.9. The van der Waals surface area contributed by atoms with Gasteiger partial charge in [0, 0.05) is 11.1 Å². The van der Waals surface area contributed by atoms with Crippen molar-refractivity contribution in [2.45, 2.75) is 6.54 Å². The summed E-state index contributed by atoms with van der Waals surface area (Å²) in [6.45, 7) is 0.111. The Bertz CT molecular complexity index is 1280. The summed E-state index contributed by atoms with van der Waals surface area (Å²) in [6.07, 6.45) is 2.98. The minimum atomic E-state index is -0.615. The number of hydrogen-bond acceptors (Lipinski definition) is 8. The standard InChI is InChI=1S/C23H14ClNO7S/c24-16-10-19-18(30-12-31-19)9-14(16)11-25-21(26)20(33-23(25)28)8-13-3-5-15(6-4-13)32-22(27)17-2-1-7-29-17/h1-10H,11-12H2/b20-8-. The van der Waals surface area contributed by atoms with Gasteiger partial charge in [-0.3, -0.25) is 14.5 Å². The number of hydrogen-bond donors (Lipinski definition) is 0. The highest BCUT2D eigenvalue weighted by atomic mass is 35.5. The average molecular weight is 484 g/mol. The van der Waals surface area contributed by atoms with Crippen LogP contribution in [0.15, 0.2) is 64.1 Å². The summed E-state index contributed by atoms with van der Waals surface area (Å²) in [7, 11) is 0. The Balaban J connectivity index is 1.28. The van der Waals surface area contributed by atoms with Crippen LogP contribution in [0.1, 0.15) is 21.7 Å². The molecule has 33 heavy (non-hydrogen) atoms. The molecule has 0 saturated carbocycles. The number of fused-ring (bicyclic) bond motifs is 1. The van der Waals surface area contributed by atoms with Crippen molar-refractivity contribution in [2.75, 3.05) is 6.79 Å². The number of halogens is 1. The van der Waals surface area contributed by atoms with Crippen molar-refractivity contribution in [2.24, 2.45) is 0 Å². The van der Waals surface area contributed by atoms with E-state index in [1.165, 1.54) is 12.3 Å². The monoisotopic (exact) mass is 483 g/mol. The van der Waals surface area contributed by atoms with Crippen LogP contribution in [-0.2, 0) is 11.3 Å². The third-order valence-electron chi connectivity index (χ3n) is 4.85. The van der Waals surface area contributed by atoms with Crippen LogP contribution in [0, 0.1) is 0 Å². The van der Waals surface area contributed by atoms with Gasteiger partial charge in [0.15, 0.2) is 11.5 Å². The highest BCUT2D eigenvalue weighted by Gasteiger charge is 2.35.